The third-order valence-corrected chi connectivity index (χ3v) is 10.4. The summed E-state index contributed by atoms with van der Waals surface area (Å²) in [6.07, 6.45) is -1.08. The van der Waals surface area contributed by atoms with Gasteiger partial charge < -0.3 is 58.9 Å². The molecule has 27 heteroatoms. The standard InChI is InChI=1S/C39H67FN12O13S/c1-22(41)44-13-7-4-10-27(36(57)58)48-32(53)18-25(34(55)50-29(38(61)62)12-5-8-14-46-24(3)52-65)26(35(56)51-30(39(63)64)21-66-17-16-45-23(2)42)19-33(54)49-28(37(59)60)11-6-9-15-47-31(43)20-40/h25-30,65H,4-21H2,1-3H3,(H2,41,44)(H2,42,45)(H2,43,47)(H,46,52)(H,48,53)(H,49,54)(H,50,55)(H,51,56)(H,57,58)(H,59,60)(H,61,62)(H,63,64). The third kappa shape index (κ3) is 27.9. The number of carboxylic acids is 4. The highest BCUT2D eigenvalue weighted by molar-refractivity contribution is 7.99. The van der Waals surface area contributed by atoms with Crippen molar-refractivity contribution in [3.8, 4) is 0 Å². The Kier molecular flexibility index (Phi) is 31.1. The fourth-order valence-electron chi connectivity index (χ4n) is 5.92. The fraction of sp³-hybridized carbons (Fsp3) is 0.692. The average molecular weight is 963 g/mol. The molecule has 6 unspecified atom stereocenters. The van der Waals surface area contributed by atoms with E-state index in [1.54, 1.807) is 13.8 Å². The monoisotopic (exact) mass is 962 g/mol. The van der Waals surface area contributed by atoms with E-state index >= 15 is 0 Å². The number of aliphatic imine (C=N–C) groups is 4. The van der Waals surface area contributed by atoms with Crippen LogP contribution in [0.1, 0.15) is 91.4 Å². The summed E-state index contributed by atoms with van der Waals surface area (Å²) in [5, 5.41) is 58.0. The summed E-state index contributed by atoms with van der Waals surface area (Å²) in [5.41, 5.74) is 18.3. The Morgan fingerprint density at radius 2 is 0.924 bits per heavy atom. The molecule has 374 valence electrons. The van der Waals surface area contributed by atoms with Gasteiger partial charge in [-0.2, -0.15) is 11.8 Å². The lowest BCUT2D eigenvalue weighted by Crippen LogP contribution is -2.53. The van der Waals surface area contributed by atoms with Gasteiger partial charge in [0.15, 0.2) is 0 Å². The fourth-order valence-corrected chi connectivity index (χ4v) is 6.77. The quantitative estimate of drug-likeness (QED) is 0.0155. The van der Waals surface area contributed by atoms with Gasteiger partial charge in [-0.3, -0.25) is 49.8 Å². The van der Waals surface area contributed by atoms with Crippen LogP contribution >= 0.6 is 11.8 Å². The molecule has 0 fully saturated rings. The topological polar surface area (TPSA) is 425 Å². The first kappa shape index (κ1) is 59.9. The Bertz CT molecular complexity index is 1730. The highest BCUT2D eigenvalue weighted by Crippen LogP contribution is 2.24. The van der Waals surface area contributed by atoms with Crippen LogP contribution in [0, 0.1) is 11.8 Å². The normalized spacial score (nSPS) is 15.0. The molecule has 0 aromatic rings. The molecule has 0 aromatic carbocycles. The van der Waals surface area contributed by atoms with E-state index in [9.17, 15) is 63.2 Å². The number of carbonyl (C=O) groups excluding carboxylic acids is 4. The zero-order valence-corrected chi connectivity index (χ0v) is 38.3. The lowest BCUT2D eigenvalue weighted by molar-refractivity contribution is -0.147. The van der Waals surface area contributed by atoms with Crippen molar-refractivity contribution in [2.75, 3.05) is 44.4 Å². The molecule has 66 heavy (non-hydrogen) atoms. The van der Waals surface area contributed by atoms with E-state index in [0.717, 1.165) is 11.8 Å². The molecule has 16 N–H and O–H groups in total. The Morgan fingerprint density at radius 3 is 1.32 bits per heavy atom. The number of nitrogens with one attached hydrogen (secondary N) is 5. The number of hydrogen-bond acceptors (Lipinski definition) is 14. The van der Waals surface area contributed by atoms with Crippen LogP contribution in [0.15, 0.2) is 20.0 Å². The number of aliphatic carboxylic acids is 4. The number of amides is 4. The molecule has 0 radical (unpaired) electrons. The summed E-state index contributed by atoms with van der Waals surface area (Å²) in [6.45, 7) is 4.29. The Labute approximate surface area is 385 Å². The number of alkyl halides is 1. The molecular formula is C39H67FN12O13S. The minimum atomic E-state index is -1.99. The summed E-state index contributed by atoms with van der Waals surface area (Å²) in [5.74, 6) is -14.2. The van der Waals surface area contributed by atoms with Crippen LogP contribution in [-0.4, -0.2) is 165 Å². The molecule has 0 bridgehead atoms. The van der Waals surface area contributed by atoms with Crippen LogP contribution in [0.25, 0.3) is 0 Å². The maximum Gasteiger partial charge on any atom is 0.327 e. The molecule has 0 heterocycles. The number of amidine groups is 4. The average Bonchev–Trinajstić information content (AvgIpc) is 3.24. The zero-order valence-electron chi connectivity index (χ0n) is 37.5. The summed E-state index contributed by atoms with van der Waals surface area (Å²) in [7, 11) is 0. The Balaban J connectivity index is 7.06. The molecule has 4 amide bonds. The minimum absolute atomic E-state index is 0.0530. The van der Waals surface area contributed by atoms with E-state index in [0.29, 0.717) is 18.7 Å². The minimum Gasteiger partial charge on any atom is -0.480 e. The second-order valence-electron chi connectivity index (χ2n) is 15.0. The van der Waals surface area contributed by atoms with Crippen LogP contribution in [0.2, 0.25) is 0 Å². The maximum atomic E-state index is 14.2. The molecule has 25 nitrogen and oxygen atoms in total. The zero-order chi connectivity index (χ0) is 50.2. The largest absolute Gasteiger partial charge is 0.480 e. The smallest absolute Gasteiger partial charge is 0.327 e. The van der Waals surface area contributed by atoms with E-state index in [2.05, 4.69) is 41.2 Å². The summed E-state index contributed by atoms with van der Waals surface area (Å²) in [6, 6.07) is -6.39. The lowest BCUT2D eigenvalue weighted by Gasteiger charge is -2.28. The van der Waals surface area contributed by atoms with Gasteiger partial charge in [-0.05, 0) is 78.6 Å². The third-order valence-electron chi connectivity index (χ3n) is 9.37. The number of hydroxylamine groups is 1. The molecule has 0 saturated carbocycles. The molecule has 0 saturated heterocycles. The SMILES string of the molecule is CC(N)=NCCCCC(NC(=O)CC(C(=O)NC(CCCCN=C(C)NO)C(=O)O)C(CC(=O)NC(CCCCN=C(N)CF)C(=O)O)C(=O)NC(CSCCN=C(C)N)C(=O)O)C(=O)O. The highest BCUT2D eigenvalue weighted by atomic mass is 32.2. The summed E-state index contributed by atoms with van der Waals surface area (Å²) < 4.78 is 12.6. The molecule has 0 aliphatic rings. The molecule has 0 aliphatic carbocycles. The van der Waals surface area contributed by atoms with E-state index in [4.69, 9.17) is 22.4 Å². The number of unbranched alkanes of at least 4 members (excludes halogenated alkanes) is 3. The highest BCUT2D eigenvalue weighted by Gasteiger charge is 2.40. The van der Waals surface area contributed by atoms with Crippen molar-refractivity contribution < 1.29 is 68.4 Å². The van der Waals surface area contributed by atoms with Crippen molar-refractivity contribution in [1.29, 1.82) is 0 Å². The molecule has 6 atom stereocenters. The molecule has 0 rings (SSSR count). The molecular weight excluding hydrogens is 896 g/mol. The molecule has 0 aromatic heterocycles. The van der Waals surface area contributed by atoms with Crippen molar-refractivity contribution in [2.24, 2.45) is 49.0 Å². The van der Waals surface area contributed by atoms with Crippen LogP contribution < -0.4 is 43.9 Å². The van der Waals surface area contributed by atoms with Gasteiger partial charge in [-0.1, -0.05) is 0 Å². The number of hydrogen-bond donors (Lipinski definition) is 13. The number of rotatable bonds is 36. The number of carbonyl (C=O) groups is 8. The molecule has 0 spiro atoms. The van der Waals surface area contributed by atoms with Crippen LogP contribution in [0.4, 0.5) is 4.39 Å². The number of halogens is 1. The van der Waals surface area contributed by atoms with Gasteiger partial charge in [-0.25, -0.2) is 23.6 Å². The number of nitrogens with zero attached hydrogens (tertiary/aromatic N) is 4. The van der Waals surface area contributed by atoms with E-state index < -0.39 is 103 Å². The van der Waals surface area contributed by atoms with Gasteiger partial charge in [0, 0.05) is 50.5 Å². The first-order valence-corrected chi connectivity index (χ1v) is 22.3. The van der Waals surface area contributed by atoms with Crippen molar-refractivity contribution >= 4 is 82.6 Å². The van der Waals surface area contributed by atoms with Gasteiger partial charge in [0.25, 0.3) is 0 Å². The summed E-state index contributed by atoms with van der Waals surface area (Å²) in [4.78, 5) is 121. The predicted octanol–water partition coefficient (Wildman–Crippen LogP) is -1.00. The molecule has 0 aliphatic heterocycles. The number of thioether (sulfide) groups is 1. The van der Waals surface area contributed by atoms with Gasteiger partial charge in [0.2, 0.25) is 23.6 Å². The van der Waals surface area contributed by atoms with E-state index in [1.807, 2.05) is 5.48 Å². The van der Waals surface area contributed by atoms with Gasteiger partial charge in [-0.15, -0.1) is 0 Å². The van der Waals surface area contributed by atoms with Crippen LogP contribution in [0.3, 0.4) is 0 Å². The van der Waals surface area contributed by atoms with Crippen molar-refractivity contribution in [3.05, 3.63) is 0 Å². The van der Waals surface area contributed by atoms with E-state index in [-0.39, 0.29) is 100 Å². The summed E-state index contributed by atoms with van der Waals surface area (Å²) >= 11 is 1.06. The number of carboxylic acid groups (broad SMARTS) is 4. The van der Waals surface area contributed by atoms with Gasteiger partial charge in [0.1, 0.15) is 42.5 Å². The van der Waals surface area contributed by atoms with Gasteiger partial charge >= 0.3 is 23.9 Å². The predicted molar refractivity (Wildman–Crippen MR) is 243 cm³/mol. The first-order valence-electron chi connectivity index (χ1n) is 21.1. The first-order chi connectivity index (χ1) is 31.1. The Morgan fingerprint density at radius 1 is 0.545 bits per heavy atom. The second-order valence-corrected chi connectivity index (χ2v) is 16.2. The van der Waals surface area contributed by atoms with Crippen molar-refractivity contribution in [1.82, 2.24) is 26.7 Å². The second kappa shape index (κ2) is 34.3. The van der Waals surface area contributed by atoms with Crippen LogP contribution in [0.5, 0.6) is 0 Å². The lowest BCUT2D eigenvalue weighted by atomic mass is 9.83. The number of nitrogens with two attached hydrogens (primary N) is 3. The maximum absolute atomic E-state index is 14.2. The van der Waals surface area contributed by atoms with Crippen molar-refractivity contribution in [3.63, 3.8) is 0 Å². The Hall–Kier alpha value is -6.12. The van der Waals surface area contributed by atoms with E-state index in [1.165, 1.54) is 6.92 Å². The van der Waals surface area contributed by atoms with Crippen LogP contribution in [-0.2, 0) is 38.4 Å². The van der Waals surface area contributed by atoms with Crippen molar-refractivity contribution in [2.45, 2.75) is 116 Å². The van der Waals surface area contributed by atoms with Gasteiger partial charge in [0.05, 0.1) is 23.5 Å².